The third kappa shape index (κ3) is 7.29. The van der Waals surface area contributed by atoms with Crippen molar-refractivity contribution >= 4 is 22.5 Å². The van der Waals surface area contributed by atoms with Crippen LogP contribution in [-0.2, 0) is 6.54 Å². The zero-order valence-electron chi connectivity index (χ0n) is 33.4. The van der Waals surface area contributed by atoms with Gasteiger partial charge in [0.25, 0.3) is 0 Å². The summed E-state index contributed by atoms with van der Waals surface area (Å²) < 4.78 is 8.50. The topological polar surface area (TPSA) is 47.9 Å². The molecule has 294 valence electrons. The second kappa shape index (κ2) is 16.3. The minimum Gasteiger partial charge on any atom is -0.462 e. The molecule has 3 saturated heterocycles. The van der Waals surface area contributed by atoms with Crippen molar-refractivity contribution in [3.63, 3.8) is 0 Å². The van der Waals surface area contributed by atoms with E-state index in [1.807, 2.05) is 54.7 Å². The molecule has 0 radical (unpaired) electrons. The summed E-state index contributed by atoms with van der Waals surface area (Å²) in [6.45, 7) is 7.25. The number of halogens is 1. The molecular weight excluding hydrogens is 756 g/mol. The fourth-order valence-corrected chi connectivity index (χ4v) is 10.3. The predicted molar refractivity (Wildman–Crippen MR) is 244 cm³/mol. The Labute approximate surface area is 357 Å². The van der Waals surface area contributed by atoms with Gasteiger partial charge in [0.15, 0.2) is 11.9 Å². The Hall–Kier alpha value is -6.40. The van der Waals surface area contributed by atoms with Gasteiger partial charge < -0.3 is 9.22 Å². The van der Waals surface area contributed by atoms with Crippen LogP contribution in [0.4, 0.5) is 0 Å². The lowest BCUT2D eigenvalue weighted by Gasteiger charge is -2.58. The molecule has 0 N–H and O–H groups in total. The Morgan fingerprint density at radius 3 is 1.93 bits per heavy atom. The number of rotatable bonds is 11. The third-order valence-corrected chi connectivity index (χ3v) is 13.2. The second-order valence-corrected chi connectivity index (χ2v) is 16.7. The van der Waals surface area contributed by atoms with Gasteiger partial charge >= 0.3 is 0 Å². The molecule has 0 amide bonds. The first-order valence-corrected chi connectivity index (χ1v) is 21.3. The first-order valence-electron chi connectivity index (χ1n) is 21.0. The van der Waals surface area contributed by atoms with Crippen molar-refractivity contribution in [3.8, 4) is 50.6 Å². The Morgan fingerprint density at radius 1 is 0.683 bits per heavy atom. The second-order valence-electron chi connectivity index (χ2n) is 16.4. The zero-order chi connectivity index (χ0) is 40.5. The van der Waals surface area contributed by atoms with E-state index in [0.717, 1.165) is 64.6 Å². The van der Waals surface area contributed by atoms with E-state index < -0.39 is 6.10 Å². The molecule has 0 saturated carbocycles. The summed E-state index contributed by atoms with van der Waals surface area (Å²) in [4.78, 5) is 14.9. The highest BCUT2D eigenvalue weighted by molar-refractivity contribution is 6.32. The number of pyridine rings is 1. The number of piperidine rings is 3. The lowest BCUT2D eigenvalue weighted by Crippen LogP contribution is -2.68. The van der Waals surface area contributed by atoms with Gasteiger partial charge in [0.1, 0.15) is 17.7 Å². The molecule has 8 aromatic rings. The maximum absolute atomic E-state index is 7.64. The van der Waals surface area contributed by atoms with E-state index in [-0.39, 0.29) is 6.04 Å². The molecule has 6 heteroatoms. The fraction of sp³-hybridized carbons (Fsp3) is 0.167. The van der Waals surface area contributed by atoms with Crippen molar-refractivity contribution in [3.05, 3.63) is 205 Å². The van der Waals surface area contributed by atoms with E-state index >= 15 is 0 Å². The van der Waals surface area contributed by atoms with Crippen LogP contribution >= 0.6 is 11.6 Å². The molecule has 0 spiro atoms. The Bertz CT molecular complexity index is 2720. The molecule has 5 heterocycles. The lowest BCUT2D eigenvalue weighted by molar-refractivity contribution is -0.984. The molecule has 11 rings (SSSR count). The van der Waals surface area contributed by atoms with Gasteiger partial charge in [-0.15, -0.1) is 6.58 Å². The van der Waals surface area contributed by atoms with E-state index in [1.165, 1.54) is 27.8 Å². The van der Waals surface area contributed by atoms with Crippen molar-refractivity contribution in [2.24, 2.45) is 11.8 Å². The van der Waals surface area contributed by atoms with Crippen LogP contribution in [0.3, 0.4) is 0 Å². The van der Waals surface area contributed by atoms with Gasteiger partial charge in [-0.3, -0.25) is 4.98 Å². The first-order chi connectivity index (χ1) is 29.5. The molecule has 3 aliphatic heterocycles. The van der Waals surface area contributed by atoms with Crippen molar-refractivity contribution in [2.75, 3.05) is 13.1 Å². The smallest absolute Gasteiger partial charge is 0.227 e. The third-order valence-electron chi connectivity index (χ3n) is 12.9. The Kier molecular flexibility index (Phi) is 10.3. The maximum atomic E-state index is 7.64. The van der Waals surface area contributed by atoms with Crippen LogP contribution in [0, 0.1) is 11.8 Å². The van der Waals surface area contributed by atoms with E-state index in [1.54, 1.807) is 0 Å². The monoisotopic (exact) mass is 801 g/mol. The molecule has 2 aromatic heterocycles. The molecule has 0 aliphatic carbocycles. The Balaban J connectivity index is 1.16. The quantitative estimate of drug-likeness (QED) is 0.0742. The zero-order valence-corrected chi connectivity index (χ0v) is 34.2. The summed E-state index contributed by atoms with van der Waals surface area (Å²) in [5, 5.41) is 1.43. The maximum Gasteiger partial charge on any atom is 0.227 e. The number of benzene rings is 6. The number of aromatic nitrogens is 3. The Morgan fingerprint density at radius 2 is 1.28 bits per heavy atom. The fourth-order valence-electron chi connectivity index (χ4n) is 10.0. The van der Waals surface area contributed by atoms with E-state index in [9.17, 15) is 0 Å². The summed E-state index contributed by atoms with van der Waals surface area (Å²) in [5.41, 5.74) is 10.7. The molecule has 5 nitrogen and oxygen atoms in total. The highest BCUT2D eigenvalue weighted by Crippen LogP contribution is 2.50. The van der Waals surface area contributed by atoms with Crippen LogP contribution in [0.1, 0.15) is 30.1 Å². The molecule has 5 atom stereocenters. The number of hydrogen-bond acceptors (Lipinski definition) is 4. The minimum atomic E-state index is -0.394. The molecule has 3 fully saturated rings. The first kappa shape index (κ1) is 37.8. The summed E-state index contributed by atoms with van der Waals surface area (Å²) in [6.07, 6.45) is 5.86. The van der Waals surface area contributed by atoms with E-state index in [0.29, 0.717) is 34.3 Å². The molecule has 3 aliphatic rings. The van der Waals surface area contributed by atoms with Gasteiger partial charge in [0.05, 0.1) is 24.2 Å². The van der Waals surface area contributed by atoms with E-state index in [4.69, 9.17) is 31.3 Å². The van der Waals surface area contributed by atoms with Gasteiger partial charge in [-0.2, -0.15) is 4.98 Å². The van der Waals surface area contributed by atoms with E-state index in [2.05, 4.69) is 134 Å². The summed E-state index contributed by atoms with van der Waals surface area (Å²) in [7, 11) is 0. The molecule has 6 aromatic carbocycles. The number of para-hydroxylation sites is 1. The van der Waals surface area contributed by atoms with Crippen molar-refractivity contribution in [1.82, 2.24) is 15.0 Å². The van der Waals surface area contributed by atoms with Crippen molar-refractivity contribution in [1.29, 1.82) is 0 Å². The van der Waals surface area contributed by atoms with Gasteiger partial charge in [-0.1, -0.05) is 157 Å². The minimum absolute atomic E-state index is 0.0730. The van der Waals surface area contributed by atoms with Gasteiger partial charge in [0.2, 0.25) is 5.88 Å². The van der Waals surface area contributed by atoms with Crippen molar-refractivity contribution < 1.29 is 9.22 Å². The number of hydrogen-bond donors (Lipinski definition) is 0. The number of ether oxygens (including phenoxy) is 1. The van der Waals surface area contributed by atoms with Gasteiger partial charge in [0, 0.05) is 47.0 Å². The normalized spacial score (nSPS) is 20.1. The van der Waals surface area contributed by atoms with Crippen LogP contribution in [-0.4, -0.2) is 38.6 Å². The largest absolute Gasteiger partial charge is 0.462 e. The molecule has 0 unspecified atom stereocenters. The van der Waals surface area contributed by atoms with Gasteiger partial charge in [-0.05, 0) is 64.1 Å². The highest BCUT2D eigenvalue weighted by Gasteiger charge is 2.55. The van der Waals surface area contributed by atoms with Crippen LogP contribution < -0.4 is 4.74 Å². The van der Waals surface area contributed by atoms with Crippen molar-refractivity contribution in [2.45, 2.75) is 31.5 Å². The average Bonchev–Trinajstić information content (AvgIpc) is 3.31. The average molecular weight is 802 g/mol. The summed E-state index contributed by atoms with van der Waals surface area (Å²) >= 11 is 7.24. The van der Waals surface area contributed by atoms with Crippen LogP contribution in [0.15, 0.2) is 189 Å². The van der Waals surface area contributed by atoms with Crippen LogP contribution in [0.25, 0.3) is 55.7 Å². The molecular formula is C54H46ClN4O+. The van der Waals surface area contributed by atoms with Crippen LogP contribution in [0.2, 0.25) is 5.15 Å². The number of nitrogens with zero attached hydrogens (tertiary/aromatic N) is 4. The lowest BCUT2D eigenvalue weighted by atomic mass is 9.71. The van der Waals surface area contributed by atoms with Crippen LogP contribution in [0.5, 0.6) is 5.88 Å². The SMILES string of the molecule is C=C[C@H]1C[N@+]2(Cc3cc(-c4ccccc4)cc(-c4ccccc4)c3)CC[C@H]1C[C@@H]2[C@@H](Oc1nc(-c2ccccc2)nc(Cl)c1-c1ccccc1)c1ccnc2ccccc12. The number of quaternary nitrogens is 1. The summed E-state index contributed by atoms with van der Waals surface area (Å²) in [5.74, 6) is 1.89. The molecule has 2 bridgehead atoms. The molecule has 60 heavy (non-hydrogen) atoms. The highest BCUT2D eigenvalue weighted by atomic mass is 35.5. The predicted octanol–water partition coefficient (Wildman–Crippen LogP) is 13.1. The summed E-state index contributed by atoms with van der Waals surface area (Å²) in [6, 6.07) is 59.5. The van der Waals surface area contributed by atoms with Gasteiger partial charge in [-0.25, -0.2) is 4.98 Å². The number of fused-ring (bicyclic) bond motifs is 4. The standard InChI is InChI=1S/C54H46ClN4O/c1-2-38-36-59(35-37-31-44(39-17-7-3-8-18-39)33-45(32-37)40-19-9-4-10-20-40)30-28-43(38)34-49(59)51(47-27-29-56-48-26-16-15-25-46(47)48)60-54-50(41-21-11-5-12-22-41)52(55)57-53(58-54)42-23-13-6-14-24-42/h2-27,29,31-33,38,43,49,51H,1,28,30,34-36H2/q+1/t38-,43-,49+,51-,59+/m0/s1.